The summed E-state index contributed by atoms with van der Waals surface area (Å²) in [5.74, 6) is 0.155. The molecule has 33 heavy (non-hydrogen) atoms. The first-order chi connectivity index (χ1) is 16.0. The summed E-state index contributed by atoms with van der Waals surface area (Å²) in [6.07, 6.45) is 17.4. The summed E-state index contributed by atoms with van der Waals surface area (Å²) < 4.78 is 5.63. The van der Waals surface area contributed by atoms with Crippen molar-refractivity contribution in [3.8, 4) is 0 Å². The van der Waals surface area contributed by atoms with Crippen molar-refractivity contribution in [2.75, 3.05) is 20.3 Å². The first kappa shape index (κ1) is 27.1. The third-order valence-electron chi connectivity index (χ3n) is 4.23. The Labute approximate surface area is 196 Å². The monoisotopic (exact) mass is 451 g/mol. The molecule has 1 aromatic heterocycles. The van der Waals surface area contributed by atoms with Gasteiger partial charge in [-0.05, 0) is 44.7 Å². The molecule has 176 valence electrons. The number of rotatable bonds is 15. The Bertz CT molecular complexity index is 902. The molecule has 0 saturated carbocycles. The predicted octanol–water partition coefficient (Wildman–Crippen LogP) is 3.24. The van der Waals surface area contributed by atoms with Gasteiger partial charge in [0.1, 0.15) is 17.7 Å². The molecule has 1 rings (SSSR count). The molecule has 8 heteroatoms. The highest BCUT2D eigenvalue weighted by Crippen LogP contribution is 2.05. The van der Waals surface area contributed by atoms with Gasteiger partial charge < -0.3 is 20.3 Å². The number of aromatic nitrogens is 1. The minimum absolute atomic E-state index is 0.294. The third kappa shape index (κ3) is 11.9. The lowest BCUT2D eigenvalue weighted by atomic mass is 10.2. The Morgan fingerprint density at radius 1 is 1.33 bits per heavy atom. The lowest BCUT2D eigenvalue weighted by Crippen LogP contribution is -2.36. The van der Waals surface area contributed by atoms with E-state index in [4.69, 9.17) is 4.74 Å². The van der Waals surface area contributed by atoms with Crippen LogP contribution in [0.4, 0.5) is 0 Å². The number of carbonyl (C=O) groups is 2. The second kappa shape index (κ2) is 16.7. The third-order valence-corrected chi connectivity index (χ3v) is 4.23. The minimum atomic E-state index is -0.294. The molecule has 0 fully saturated rings. The van der Waals surface area contributed by atoms with E-state index < -0.39 is 0 Å². The zero-order valence-corrected chi connectivity index (χ0v) is 19.5. The average Bonchev–Trinajstić information content (AvgIpc) is 2.83. The summed E-state index contributed by atoms with van der Waals surface area (Å²) in [6.45, 7) is 8.28. The van der Waals surface area contributed by atoms with Crippen molar-refractivity contribution in [2.45, 2.75) is 26.8 Å². The van der Waals surface area contributed by atoms with Crippen LogP contribution in [0.25, 0.3) is 0 Å². The van der Waals surface area contributed by atoms with E-state index in [0.29, 0.717) is 43.3 Å². The fourth-order valence-electron chi connectivity index (χ4n) is 2.43. The Balaban J connectivity index is 2.62. The predicted molar refractivity (Wildman–Crippen MR) is 132 cm³/mol. The molecule has 0 atom stereocenters. The second-order valence-electron chi connectivity index (χ2n) is 6.87. The first-order valence-corrected chi connectivity index (χ1v) is 10.5. The Hall–Kier alpha value is -3.94. The van der Waals surface area contributed by atoms with E-state index in [2.05, 4.69) is 27.3 Å². The SMILES string of the molecule is C=N/C(C)=C(\NCN(C)/C=C\C(=C/C=O)OCC/C=C\C=C/C)C(=O)NCc1cccnc1. The number of pyridine rings is 1. The quantitative estimate of drug-likeness (QED) is 0.0808. The largest absolute Gasteiger partial charge is 0.493 e. The number of ether oxygens (including phenoxy) is 1. The van der Waals surface area contributed by atoms with Crippen LogP contribution in [0, 0.1) is 0 Å². The summed E-state index contributed by atoms with van der Waals surface area (Å²) in [6, 6.07) is 3.69. The number of nitrogens with one attached hydrogen (secondary N) is 2. The van der Waals surface area contributed by atoms with Crippen LogP contribution in [0.1, 0.15) is 25.8 Å². The van der Waals surface area contributed by atoms with Gasteiger partial charge in [0.2, 0.25) is 0 Å². The number of amides is 1. The molecule has 1 aromatic rings. The van der Waals surface area contributed by atoms with E-state index in [1.165, 1.54) is 6.08 Å². The smallest absolute Gasteiger partial charge is 0.269 e. The van der Waals surface area contributed by atoms with Gasteiger partial charge in [-0.15, -0.1) is 0 Å². The maximum Gasteiger partial charge on any atom is 0.269 e. The van der Waals surface area contributed by atoms with Gasteiger partial charge in [-0.1, -0.05) is 30.4 Å². The van der Waals surface area contributed by atoms with Gasteiger partial charge in [0.05, 0.1) is 19.0 Å². The van der Waals surface area contributed by atoms with Crippen LogP contribution in [-0.2, 0) is 20.9 Å². The van der Waals surface area contributed by atoms with E-state index in [1.807, 2.05) is 50.4 Å². The molecule has 0 saturated heterocycles. The molecule has 1 amide bonds. The maximum absolute atomic E-state index is 12.6. The summed E-state index contributed by atoms with van der Waals surface area (Å²) in [7, 11) is 1.82. The fraction of sp³-hybridized carbons (Fsp3) is 0.280. The van der Waals surface area contributed by atoms with Gasteiger partial charge in [-0.25, -0.2) is 0 Å². The van der Waals surface area contributed by atoms with E-state index >= 15 is 0 Å². The Morgan fingerprint density at radius 2 is 2.15 bits per heavy atom. The average molecular weight is 452 g/mol. The zero-order valence-electron chi connectivity index (χ0n) is 19.5. The van der Waals surface area contributed by atoms with Crippen LogP contribution in [0.2, 0.25) is 0 Å². The van der Waals surface area contributed by atoms with Crippen LogP contribution in [-0.4, -0.2) is 49.1 Å². The molecule has 0 aliphatic rings. The van der Waals surface area contributed by atoms with Crippen LogP contribution in [0.15, 0.2) is 89.3 Å². The topological polar surface area (TPSA) is 95.9 Å². The molecule has 0 radical (unpaired) electrons. The highest BCUT2D eigenvalue weighted by molar-refractivity contribution is 5.93. The number of aliphatic imine (C=N–C) groups is 1. The molecule has 0 bridgehead atoms. The first-order valence-electron chi connectivity index (χ1n) is 10.5. The number of aldehydes is 1. The van der Waals surface area contributed by atoms with E-state index in [-0.39, 0.29) is 5.91 Å². The van der Waals surface area contributed by atoms with Gasteiger partial charge in [0.25, 0.3) is 5.91 Å². The van der Waals surface area contributed by atoms with Gasteiger partial charge in [0, 0.05) is 38.3 Å². The van der Waals surface area contributed by atoms with Crippen LogP contribution < -0.4 is 10.6 Å². The molecule has 0 aliphatic heterocycles. The summed E-state index contributed by atoms with van der Waals surface area (Å²) >= 11 is 0. The van der Waals surface area contributed by atoms with Crippen molar-refractivity contribution in [2.24, 2.45) is 4.99 Å². The summed E-state index contributed by atoms with van der Waals surface area (Å²) in [5, 5.41) is 5.93. The molecule has 0 unspecified atom stereocenters. The van der Waals surface area contributed by atoms with Crippen molar-refractivity contribution in [3.63, 3.8) is 0 Å². The second-order valence-corrected chi connectivity index (χ2v) is 6.87. The molecule has 0 spiro atoms. The molecule has 0 aliphatic carbocycles. The maximum atomic E-state index is 12.6. The fourth-order valence-corrected chi connectivity index (χ4v) is 2.43. The Morgan fingerprint density at radius 3 is 2.82 bits per heavy atom. The molecule has 1 heterocycles. The van der Waals surface area contributed by atoms with Crippen molar-refractivity contribution in [1.29, 1.82) is 0 Å². The van der Waals surface area contributed by atoms with Gasteiger partial charge >= 0.3 is 0 Å². The van der Waals surface area contributed by atoms with Crippen molar-refractivity contribution >= 4 is 18.9 Å². The minimum Gasteiger partial charge on any atom is -0.493 e. The van der Waals surface area contributed by atoms with Crippen LogP contribution >= 0.6 is 0 Å². The van der Waals surface area contributed by atoms with Gasteiger partial charge in [-0.2, -0.15) is 0 Å². The number of carbonyl (C=O) groups excluding carboxylic acids is 2. The lowest BCUT2D eigenvalue weighted by Gasteiger charge is -2.19. The van der Waals surface area contributed by atoms with Crippen LogP contribution in [0.5, 0.6) is 0 Å². The number of nitrogens with zero attached hydrogens (tertiary/aromatic N) is 3. The van der Waals surface area contributed by atoms with Gasteiger partial charge in [0.15, 0.2) is 0 Å². The number of hydrogen-bond acceptors (Lipinski definition) is 7. The molecule has 8 nitrogen and oxygen atoms in total. The van der Waals surface area contributed by atoms with E-state index in [1.54, 1.807) is 36.5 Å². The Kier molecular flexibility index (Phi) is 13.7. The van der Waals surface area contributed by atoms with Crippen molar-refractivity contribution in [3.05, 3.63) is 89.9 Å². The lowest BCUT2D eigenvalue weighted by molar-refractivity contribution is -0.118. The normalized spacial score (nSPS) is 12.6. The molecule has 2 N–H and O–H groups in total. The summed E-state index contributed by atoms with van der Waals surface area (Å²) in [4.78, 5) is 33.2. The van der Waals surface area contributed by atoms with Crippen LogP contribution in [0.3, 0.4) is 0 Å². The molecular formula is C25H33N5O3. The van der Waals surface area contributed by atoms with Gasteiger partial charge in [-0.3, -0.25) is 19.6 Å². The van der Waals surface area contributed by atoms with Crippen molar-refractivity contribution < 1.29 is 14.3 Å². The standard InChI is InChI=1S/C25H33N5O3/c1-5-6-7-8-9-17-33-23(13-16-31)12-15-30(4)20-29-24(21(2)26-3)25(32)28-19-22-11-10-14-27-18-22/h5-8,10-16,18,29H,3,9,17,19-20H2,1-2,4H3,(H,28,32)/b6-5-,8-7-,15-12-,23-13+,24-21-. The zero-order chi connectivity index (χ0) is 24.3. The van der Waals surface area contributed by atoms with E-state index in [9.17, 15) is 9.59 Å². The van der Waals surface area contributed by atoms with E-state index in [0.717, 1.165) is 12.0 Å². The molecule has 0 aromatic carbocycles. The highest BCUT2D eigenvalue weighted by atomic mass is 16.5. The summed E-state index contributed by atoms with van der Waals surface area (Å²) in [5.41, 5.74) is 1.69. The van der Waals surface area contributed by atoms with Crippen molar-refractivity contribution in [1.82, 2.24) is 20.5 Å². The molecular weight excluding hydrogens is 418 g/mol. The number of allylic oxidation sites excluding steroid dienone is 6. The number of hydrogen-bond donors (Lipinski definition) is 2. The highest BCUT2D eigenvalue weighted by Gasteiger charge is 2.12.